The average Bonchev–Trinajstić information content (AvgIpc) is 2.95. The molecular formula is C24H27N3O2. The highest BCUT2D eigenvalue weighted by molar-refractivity contribution is 5.78. The van der Waals surface area contributed by atoms with Gasteiger partial charge in [0.05, 0.1) is 18.7 Å². The summed E-state index contributed by atoms with van der Waals surface area (Å²) >= 11 is 0. The topological polar surface area (TPSA) is 37.8 Å². The van der Waals surface area contributed by atoms with E-state index in [9.17, 15) is 0 Å². The molecule has 5 heteroatoms. The molecule has 0 spiro atoms. The molecule has 0 radical (unpaired) electrons. The normalized spacial score (nSPS) is 18.2. The van der Waals surface area contributed by atoms with Gasteiger partial charge >= 0.3 is 0 Å². The molecule has 0 atom stereocenters. The van der Waals surface area contributed by atoms with Crippen molar-refractivity contribution in [2.45, 2.75) is 19.6 Å². The molecule has 3 heterocycles. The van der Waals surface area contributed by atoms with Gasteiger partial charge in [0.1, 0.15) is 12.4 Å². The van der Waals surface area contributed by atoms with Crippen molar-refractivity contribution < 1.29 is 9.47 Å². The maximum Gasteiger partial charge on any atom is 0.123 e. The summed E-state index contributed by atoms with van der Waals surface area (Å²) in [6.45, 7) is 8.16. The maximum atomic E-state index is 6.05. The smallest absolute Gasteiger partial charge is 0.123 e. The second kappa shape index (κ2) is 8.49. The number of hydrogen-bond donors (Lipinski definition) is 0. The third-order valence-electron chi connectivity index (χ3n) is 5.77. The van der Waals surface area contributed by atoms with E-state index in [4.69, 9.17) is 9.47 Å². The fourth-order valence-corrected chi connectivity index (χ4v) is 4.23. The summed E-state index contributed by atoms with van der Waals surface area (Å²) in [6.07, 6.45) is 1.85. The number of ether oxygens (including phenoxy) is 2. The Kier molecular flexibility index (Phi) is 5.43. The van der Waals surface area contributed by atoms with Gasteiger partial charge < -0.3 is 9.47 Å². The first-order valence-corrected chi connectivity index (χ1v) is 10.4. The molecule has 0 N–H and O–H groups in total. The van der Waals surface area contributed by atoms with E-state index >= 15 is 0 Å². The van der Waals surface area contributed by atoms with Crippen molar-refractivity contribution in [3.05, 3.63) is 71.4 Å². The van der Waals surface area contributed by atoms with Crippen LogP contribution in [0.1, 0.15) is 16.7 Å². The van der Waals surface area contributed by atoms with Gasteiger partial charge in [-0.3, -0.25) is 14.8 Å². The van der Waals surface area contributed by atoms with E-state index in [0.717, 1.165) is 70.4 Å². The van der Waals surface area contributed by atoms with Crippen molar-refractivity contribution in [3.8, 4) is 5.75 Å². The van der Waals surface area contributed by atoms with Gasteiger partial charge in [-0.15, -0.1) is 0 Å². The number of rotatable bonds is 4. The lowest BCUT2D eigenvalue weighted by Gasteiger charge is -2.27. The summed E-state index contributed by atoms with van der Waals surface area (Å²) < 4.78 is 11.5. The zero-order valence-corrected chi connectivity index (χ0v) is 16.7. The number of pyridine rings is 1. The van der Waals surface area contributed by atoms with Crippen LogP contribution in [0.3, 0.4) is 0 Å². The minimum atomic E-state index is 0.727. The molecule has 2 aliphatic rings. The summed E-state index contributed by atoms with van der Waals surface area (Å²) in [6, 6.07) is 17.4. The van der Waals surface area contributed by atoms with E-state index in [-0.39, 0.29) is 0 Å². The highest BCUT2D eigenvalue weighted by Gasteiger charge is 2.17. The van der Waals surface area contributed by atoms with Crippen molar-refractivity contribution in [2.24, 2.45) is 0 Å². The fourth-order valence-electron chi connectivity index (χ4n) is 4.23. The van der Waals surface area contributed by atoms with Crippen LogP contribution >= 0.6 is 0 Å². The Hall–Kier alpha value is -2.47. The molecule has 3 aromatic rings. The molecule has 150 valence electrons. The molecule has 1 saturated heterocycles. The number of nitrogens with zero attached hydrogens (tertiary/aromatic N) is 3. The van der Waals surface area contributed by atoms with Crippen LogP contribution in [0.15, 0.2) is 54.7 Å². The molecule has 2 aromatic carbocycles. The highest BCUT2D eigenvalue weighted by atomic mass is 16.5. The zero-order chi connectivity index (χ0) is 19.5. The Labute approximate surface area is 171 Å². The quantitative estimate of drug-likeness (QED) is 0.683. The molecule has 0 bridgehead atoms. The number of morpholine rings is 1. The van der Waals surface area contributed by atoms with E-state index < -0.39 is 0 Å². The lowest BCUT2D eigenvalue weighted by Crippen LogP contribution is -2.35. The van der Waals surface area contributed by atoms with Crippen molar-refractivity contribution in [1.82, 2.24) is 14.8 Å². The predicted molar refractivity (Wildman–Crippen MR) is 114 cm³/mol. The van der Waals surface area contributed by atoms with Gasteiger partial charge in [-0.2, -0.15) is 0 Å². The zero-order valence-electron chi connectivity index (χ0n) is 16.7. The van der Waals surface area contributed by atoms with Crippen LogP contribution in [0.25, 0.3) is 10.9 Å². The van der Waals surface area contributed by atoms with Crippen LogP contribution < -0.4 is 4.74 Å². The number of benzene rings is 2. The van der Waals surface area contributed by atoms with Crippen molar-refractivity contribution in [2.75, 3.05) is 39.5 Å². The molecule has 1 fully saturated rings. The van der Waals surface area contributed by atoms with E-state index in [1.54, 1.807) is 0 Å². The molecule has 5 nitrogen and oxygen atoms in total. The lowest BCUT2D eigenvalue weighted by atomic mass is 10.1. The molecule has 0 saturated carbocycles. The maximum absolute atomic E-state index is 6.05. The second-order valence-corrected chi connectivity index (χ2v) is 7.92. The van der Waals surface area contributed by atoms with Gasteiger partial charge in [-0.05, 0) is 41.5 Å². The Bertz CT molecular complexity index is 985. The number of fused-ring (bicyclic) bond motifs is 2. The van der Waals surface area contributed by atoms with Crippen LogP contribution in [-0.4, -0.2) is 54.2 Å². The van der Waals surface area contributed by atoms with Gasteiger partial charge in [0.2, 0.25) is 0 Å². The minimum absolute atomic E-state index is 0.727. The van der Waals surface area contributed by atoms with Crippen LogP contribution in [0, 0.1) is 0 Å². The van der Waals surface area contributed by atoms with Crippen LogP contribution in [-0.2, 0) is 24.4 Å². The van der Waals surface area contributed by atoms with Crippen LogP contribution in [0.4, 0.5) is 0 Å². The van der Waals surface area contributed by atoms with Crippen molar-refractivity contribution in [1.29, 1.82) is 0 Å². The molecule has 1 aromatic heterocycles. The van der Waals surface area contributed by atoms with E-state index in [2.05, 4.69) is 57.2 Å². The van der Waals surface area contributed by atoms with Gasteiger partial charge in [0.25, 0.3) is 0 Å². The molecule has 0 unspecified atom stereocenters. The third kappa shape index (κ3) is 4.42. The Morgan fingerprint density at radius 2 is 1.62 bits per heavy atom. The second-order valence-electron chi connectivity index (χ2n) is 7.92. The lowest BCUT2D eigenvalue weighted by molar-refractivity contribution is 0.0342. The molecule has 5 rings (SSSR count). The molecule has 0 aliphatic carbocycles. The summed E-state index contributed by atoms with van der Waals surface area (Å²) in [5.41, 5.74) is 5.01. The number of aromatic nitrogens is 1. The third-order valence-corrected chi connectivity index (χ3v) is 5.77. The Balaban J connectivity index is 1.31. The van der Waals surface area contributed by atoms with Crippen LogP contribution in [0.5, 0.6) is 5.75 Å². The van der Waals surface area contributed by atoms with Gasteiger partial charge in [0, 0.05) is 56.4 Å². The molecule has 0 amide bonds. The molecule has 2 aliphatic heterocycles. The summed E-state index contributed by atoms with van der Waals surface area (Å²) in [5, 5.41) is 1.20. The SMILES string of the molecule is c1cnc2ccc(CN3CCOc4ccc(CN5CCOCC5)cc4C3)cc2c1. The van der Waals surface area contributed by atoms with Gasteiger partial charge in [0.15, 0.2) is 0 Å². The minimum Gasteiger partial charge on any atom is -0.492 e. The first-order valence-electron chi connectivity index (χ1n) is 10.4. The summed E-state index contributed by atoms with van der Waals surface area (Å²) in [5.74, 6) is 1.03. The molecular weight excluding hydrogens is 362 g/mol. The summed E-state index contributed by atoms with van der Waals surface area (Å²) in [4.78, 5) is 9.36. The Morgan fingerprint density at radius 3 is 2.55 bits per heavy atom. The van der Waals surface area contributed by atoms with Crippen molar-refractivity contribution >= 4 is 10.9 Å². The first kappa shape index (κ1) is 18.6. The standard InChI is InChI=1S/C24H27N3O2/c1-2-21-14-19(3-5-23(21)25-7-1)17-27-10-13-29-24-6-4-20(15-22(24)18-27)16-26-8-11-28-12-9-26/h1-7,14-15H,8-13,16-18H2. The highest BCUT2D eigenvalue weighted by Crippen LogP contribution is 2.26. The number of hydrogen-bond acceptors (Lipinski definition) is 5. The fraction of sp³-hybridized carbons (Fsp3) is 0.375. The van der Waals surface area contributed by atoms with E-state index in [1.165, 1.54) is 22.1 Å². The van der Waals surface area contributed by atoms with Crippen LogP contribution in [0.2, 0.25) is 0 Å². The average molecular weight is 389 g/mol. The van der Waals surface area contributed by atoms with Gasteiger partial charge in [-0.1, -0.05) is 18.2 Å². The van der Waals surface area contributed by atoms with E-state index in [1.807, 2.05) is 12.3 Å². The molecule has 29 heavy (non-hydrogen) atoms. The van der Waals surface area contributed by atoms with Gasteiger partial charge in [-0.25, -0.2) is 0 Å². The van der Waals surface area contributed by atoms with Crippen molar-refractivity contribution in [3.63, 3.8) is 0 Å². The largest absolute Gasteiger partial charge is 0.492 e. The summed E-state index contributed by atoms with van der Waals surface area (Å²) in [7, 11) is 0. The monoisotopic (exact) mass is 389 g/mol. The predicted octanol–water partition coefficient (Wildman–Crippen LogP) is 3.46. The first-order chi connectivity index (χ1) is 14.3. The van der Waals surface area contributed by atoms with E-state index in [0.29, 0.717) is 0 Å². The Morgan fingerprint density at radius 1 is 0.828 bits per heavy atom.